The van der Waals surface area contributed by atoms with Crippen LogP contribution in [0.3, 0.4) is 0 Å². The number of aromatic nitrogens is 2. The summed E-state index contributed by atoms with van der Waals surface area (Å²) in [6.07, 6.45) is 6.47. The summed E-state index contributed by atoms with van der Waals surface area (Å²) in [5.74, 6) is 2.16. The van der Waals surface area contributed by atoms with Crippen LogP contribution >= 0.6 is 0 Å². The summed E-state index contributed by atoms with van der Waals surface area (Å²) < 4.78 is 0. The molecule has 1 aliphatic rings. The van der Waals surface area contributed by atoms with Crippen molar-refractivity contribution in [3.8, 4) is 0 Å². The quantitative estimate of drug-likeness (QED) is 0.805. The van der Waals surface area contributed by atoms with Gasteiger partial charge in [-0.25, -0.2) is 9.97 Å². The molecule has 4 nitrogen and oxygen atoms in total. The first-order valence-corrected chi connectivity index (χ1v) is 7.16. The van der Waals surface area contributed by atoms with Gasteiger partial charge in [0.2, 0.25) is 0 Å². The molecule has 0 radical (unpaired) electrons. The second-order valence-electron chi connectivity index (χ2n) is 4.82. The lowest BCUT2D eigenvalue weighted by molar-refractivity contribution is 0.784. The summed E-state index contributed by atoms with van der Waals surface area (Å²) in [5, 5.41) is 3.36. The summed E-state index contributed by atoms with van der Waals surface area (Å²) in [6.45, 7) is 8.46. The minimum absolute atomic E-state index is 0.704. The fraction of sp³-hybridized carbons (Fsp3) is 0.714. The molecule has 0 bridgehead atoms. The SMILES string of the molecule is CCCc1c(NCC)ncnc1N(CC)C1CC1. The summed E-state index contributed by atoms with van der Waals surface area (Å²) in [7, 11) is 0. The Bertz CT molecular complexity index is 387. The van der Waals surface area contributed by atoms with Crippen molar-refractivity contribution in [1.82, 2.24) is 9.97 Å². The second kappa shape index (κ2) is 6.03. The molecule has 1 N–H and O–H groups in total. The van der Waals surface area contributed by atoms with Gasteiger partial charge >= 0.3 is 0 Å². The Morgan fingerprint density at radius 1 is 1.28 bits per heavy atom. The first-order valence-electron chi connectivity index (χ1n) is 7.16. The van der Waals surface area contributed by atoms with Crippen molar-refractivity contribution >= 4 is 11.6 Å². The van der Waals surface area contributed by atoms with Gasteiger partial charge in [-0.1, -0.05) is 13.3 Å². The topological polar surface area (TPSA) is 41.1 Å². The molecule has 1 saturated carbocycles. The van der Waals surface area contributed by atoms with E-state index in [2.05, 4.69) is 41.0 Å². The van der Waals surface area contributed by atoms with E-state index in [-0.39, 0.29) is 0 Å². The lowest BCUT2D eigenvalue weighted by atomic mass is 10.1. The van der Waals surface area contributed by atoms with Crippen LogP contribution in [0.15, 0.2) is 6.33 Å². The predicted molar refractivity (Wildman–Crippen MR) is 76.2 cm³/mol. The van der Waals surface area contributed by atoms with Gasteiger partial charge in [-0.15, -0.1) is 0 Å². The molecule has 1 aliphatic carbocycles. The summed E-state index contributed by atoms with van der Waals surface area (Å²) >= 11 is 0. The van der Waals surface area contributed by atoms with E-state index in [1.807, 2.05) is 0 Å². The predicted octanol–water partition coefficient (Wildman–Crippen LogP) is 2.85. The van der Waals surface area contributed by atoms with Crippen LogP contribution < -0.4 is 10.2 Å². The molecule has 0 aromatic carbocycles. The monoisotopic (exact) mass is 248 g/mol. The lowest BCUT2D eigenvalue weighted by Crippen LogP contribution is -2.28. The summed E-state index contributed by atoms with van der Waals surface area (Å²) in [6, 6.07) is 0.704. The van der Waals surface area contributed by atoms with Crippen molar-refractivity contribution in [3.05, 3.63) is 11.9 Å². The van der Waals surface area contributed by atoms with E-state index < -0.39 is 0 Å². The number of hydrogen-bond donors (Lipinski definition) is 1. The highest BCUT2D eigenvalue weighted by molar-refractivity contribution is 5.59. The van der Waals surface area contributed by atoms with E-state index in [1.165, 1.54) is 18.4 Å². The maximum Gasteiger partial charge on any atom is 0.137 e. The van der Waals surface area contributed by atoms with Crippen molar-refractivity contribution in [2.75, 3.05) is 23.3 Å². The van der Waals surface area contributed by atoms with Crippen LogP contribution in [-0.4, -0.2) is 29.1 Å². The van der Waals surface area contributed by atoms with Crippen molar-refractivity contribution in [2.24, 2.45) is 0 Å². The fourth-order valence-corrected chi connectivity index (χ4v) is 2.42. The van der Waals surface area contributed by atoms with Gasteiger partial charge in [0.15, 0.2) is 0 Å². The van der Waals surface area contributed by atoms with Crippen molar-refractivity contribution in [3.63, 3.8) is 0 Å². The Morgan fingerprint density at radius 3 is 2.61 bits per heavy atom. The minimum atomic E-state index is 0.704. The van der Waals surface area contributed by atoms with Gasteiger partial charge in [0, 0.05) is 24.7 Å². The molecule has 1 aromatic heterocycles. The zero-order valence-corrected chi connectivity index (χ0v) is 11.7. The van der Waals surface area contributed by atoms with Crippen LogP contribution in [0.25, 0.3) is 0 Å². The molecule has 0 spiro atoms. The molecule has 0 amide bonds. The van der Waals surface area contributed by atoms with E-state index in [4.69, 9.17) is 0 Å². The average Bonchev–Trinajstić information content (AvgIpc) is 3.19. The molecule has 100 valence electrons. The molecular formula is C14H24N4. The van der Waals surface area contributed by atoms with Gasteiger partial charge in [-0.05, 0) is 33.1 Å². The van der Waals surface area contributed by atoms with Crippen LogP contribution in [0.4, 0.5) is 11.6 Å². The summed E-state index contributed by atoms with van der Waals surface area (Å²) in [4.78, 5) is 11.4. The zero-order chi connectivity index (χ0) is 13.0. The highest BCUT2D eigenvalue weighted by atomic mass is 15.2. The Morgan fingerprint density at radius 2 is 2.06 bits per heavy atom. The van der Waals surface area contributed by atoms with Crippen molar-refractivity contribution in [1.29, 1.82) is 0 Å². The normalized spacial score (nSPS) is 14.6. The van der Waals surface area contributed by atoms with Gasteiger partial charge in [0.1, 0.15) is 18.0 Å². The Balaban J connectivity index is 2.34. The summed E-state index contributed by atoms with van der Waals surface area (Å²) in [5.41, 5.74) is 1.29. The Kier molecular flexibility index (Phi) is 4.39. The molecule has 1 fully saturated rings. The highest BCUT2D eigenvalue weighted by Crippen LogP contribution is 2.34. The van der Waals surface area contributed by atoms with Crippen LogP contribution in [0.5, 0.6) is 0 Å². The fourth-order valence-electron chi connectivity index (χ4n) is 2.42. The van der Waals surface area contributed by atoms with E-state index in [0.717, 1.165) is 37.6 Å². The van der Waals surface area contributed by atoms with Crippen LogP contribution in [-0.2, 0) is 6.42 Å². The number of nitrogens with one attached hydrogen (secondary N) is 1. The van der Waals surface area contributed by atoms with Crippen molar-refractivity contribution in [2.45, 2.75) is 52.5 Å². The molecule has 0 aliphatic heterocycles. The standard InChI is InChI=1S/C14H24N4/c1-4-7-12-13(15-5-2)16-10-17-14(12)18(6-3)11-8-9-11/h10-11H,4-9H2,1-3H3,(H,15,16,17). The van der Waals surface area contributed by atoms with Crippen LogP contribution in [0.1, 0.15) is 45.6 Å². The van der Waals surface area contributed by atoms with Crippen molar-refractivity contribution < 1.29 is 0 Å². The largest absolute Gasteiger partial charge is 0.370 e. The highest BCUT2D eigenvalue weighted by Gasteiger charge is 2.30. The first-order chi connectivity index (χ1) is 8.81. The van der Waals surface area contributed by atoms with Gasteiger partial charge < -0.3 is 10.2 Å². The first kappa shape index (κ1) is 13.1. The number of hydrogen-bond acceptors (Lipinski definition) is 4. The number of nitrogens with zero attached hydrogens (tertiary/aromatic N) is 3. The third-order valence-electron chi connectivity index (χ3n) is 3.37. The van der Waals surface area contributed by atoms with Gasteiger partial charge in [0.25, 0.3) is 0 Å². The third-order valence-corrected chi connectivity index (χ3v) is 3.37. The van der Waals surface area contributed by atoms with Crippen LogP contribution in [0, 0.1) is 0 Å². The molecule has 1 heterocycles. The minimum Gasteiger partial charge on any atom is -0.370 e. The zero-order valence-electron chi connectivity index (χ0n) is 11.7. The maximum absolute atomic E-state index is 4.55. The average molecular weight is 248 g/mol. The van der Waals surface area contributed by atoms with E-state index in [9.17, 15) is 0 Å². The molecule has 4 heteroatoms. The van der Waals surface area contributed by atoms with Gasteiger partial charge in [-0.3, -0.25) is 0 Å². The Hall–Kier alpha value is -1.32. The second-order valence-corrected chi connectivity index (χ2v) is 4.82. The molecule has 0 atom stereocenters. The van der Waals surface area contributed by atoms with Crippen LogP contribution in [0.2, 0.25) is 0 Å². The van der Waals surface area contributed by atoms with Gasteiger partial charge in [-0.2, -0.15) is 0 Å². The van der Waals surface area contributed by atoms with E-state index in [1.54, 1.807) is 6.33 Å². The van der Waals surface area contributed by atoms with E-state index in [0.29, 0.717) is 6.04 Å². The molecule has 2 rings (SSSR count). The number of anilines is 2. The van der Waals surface area contributed by atoms with Gasteiger partial charge in [0.05, 0.1) is 0 Å². The molecular weight excluding hydrogens is 224 g/mol. The Labute approximate surface area is 110 Å². The smallest absolute Gasteiger partial charge is 0.137 e. The third kappa shape index (κ3) is 2.74. The molecule has 0 unspecified atom stereocenters. The number of rotatable bonds is 7. The lowest BCUT2D eigenvalue weighted by Gasteiger charge is -2.25. The molecule has 18 heavy (non-hydrogen) atoms. The molecule has 1 aromatic rings. The molecule has 0 saturated heterocycles. The van der Waals surface area contributed by atoms with E-state index >= 15 is 0 Å². The maximum atomic E-state index is 4.55.